The van der Waals surface area contributed by atoms with E-state index >= 15 is 0 Å². The van der Waals surface area contributed by atoms with Gasteiger partial charge in [0.1, 0.15) is 17.6 Å². The van der Waals surface area contributed by atoms with Crippen LogP contribution in [0.5, 0.6) is 0 Å². The fourth-order valence-corrected chi connectivity index (χ4v) is 8.25. The number of aromatic nitrogens is 1. The Labute approximate surface area is 245 Å². The second kappa shape index (κ2) is 10.5. The first kappa shape index (κ1) is 26.8. The first-order valence-electron chi connectivity index (χ1n) is 12.1. The standard InChI is InChI=1S/C28H18Cl2FN3O4S2/c29-18-8-4-7-17(22(18)30)20-21-23(26(37)34(25(21)36)16-5-2-1-3-6-16)39-27-24(20)40-28(38)33(27)13-19(35)32-15-11-9-14(31)10-12-15/h1-12,20-21,23H,13H2,(H,32,35)/t20-,21?,23?/m1/s1. The Hall–Kier alpha value is -3.44. The zero-order valence-electron chi connectivity index (χ0n) is 20.3. The molecule has 40 heavy (non-hydrogen) atoms. The summed E-state index contributed by atoms with van der Waals surface area (Å²) < 4.78 is 14.6. The lowest BCUT2D eigenvalue weighted by molar-refractivity contribution is -0.122. The third kappa shape index (κ3) is 4.54. The average Bonchev–Trinajstić information content (AvgIpc) is 3.38. The summed E-state index contributed by atoms with van der Waals surface area (Å²) in [5.74, 6) is -3.35. The van der Waals surface area contributed by atoms with E-state index in [1.807, 2.05) is 0 Å². The van der Waals surface area contributed by atoms with Crippen LogP contribution >= 0.6 is 46.3 Å². The highest BCUT2D eigenvalue weighted by atomic mass is 35.5. The SMILES string of the molecule is O=C(Cn1c2c(sc1=O)[C@H](c1cccc(Cl)c1Cl)C1C(=O)N(c3ccccc3)C(=O)C1S2)Nc1ccc(F)cc1. The van der Waals surface area contributed by atoms with Gasteiger partial charge in [-0.1, -0.05) is 76.6 Å². The average molecular weight is 615 g/mol. The molecule has 4 aromatic rings. The van der Waals surface area contributed by atoms with E-state index in [0.717, 1.165) is 23.1 Å². The molecule has 2 unspecified atom stereocenters. The molecule has 0 aliphatic carbocycles. The predicted octanol–water partition coefficient (Wildman–Crippen LogP) is 5.79. The molecule has 2 aliphatic heterocycles. The number of fused-ring (bicyclic) bond motifs is 2. The number of thioether (sulfide) groups is 1. The van der Waals surface area contributed by atoms with Crippen LogP contribution in [0.3, 0.4) is 0 Å². The van der Waals surface area contributed by atoms with Gasteiger partial charge in [0, 0.05) is 16.5 Å². The van der Waals surface area contributed by atoms with Gasteiger partial charge in [-0.15, -0.1) is 0 Å². The fraction of sp³-hybridized carbons (Fsp3) is 0.143. The molecule has 3 aromatic carbocycles. The molecule has 1 aromatic heterocycles. The summed E-state index contributed by atoms with van der Waals surface area (Å²) in [4.78, 5) is 55.0. The number of benzene rings is 3. The van der Waals surface area contributed by atoms with Crippen LogP contribution < -0.4 is 15.1 Å². The number of nitrogens with one attached hydrogen (secondary N) is 1. The van der Waals surface area contributed by atoms with Crippen LogP contribution in [0, 0.1) is 11.7 Å². The number of anilines is 2. The zero-order chi connectivity index (χ0) is 28.1. The number of carbonyl (C=O) groups excluding carboxylic acids is 3. The molecule has 1 fully saturated rings. The number of nitrogens with zero attached hydrogens (tertiary/aromatic N) is 2. The molecule has 0 spiro atoms. The minimum atomic E-state index is -0.860. The van der Waals surface area contributed by atoms with Crippen molar-refractivity contribution >= 4 is 75.4 Å². The monoisotopic (exact) mass is 613 g/mol. The van der Waals surface area contributed by atoms with Crippen molar-refractivity contribution in [3.63, 3.8) is 0 Å². The van der Waals surface area contributed by atoms with Gasteiger partial charge in [-0.05, 0) is 48.0 Å². The van der Waals surface area contributed by atoms with E-state index in [1.54, 1.807) is 48.5 Å². The van der Waals surface area contributed by atoms with Gasteiger partial charge in [-0.25, -0.2) is 9.29 Å². The number of para-hydroxylation sites is 1. The number of halogens is 3. The van der Waals surface area contributed by atoms with E-state index in [1.165, 1.54) is 33.7 Å². The van der Waals surface area contributed by atoms with Crippen LogP contribution in [0.15, 0.2) is 82.6 Å². The van der Waals surface area contributed by atoms with E-state index in [2.05, 4.69) is 5.32 Å². The summed E-state index contributed by atoms with van der Waals surface area (Å²) in [5, 5.41) is 2.72. The first-order valence-corrected chi connectivity index (χ1v) is 14.5. The molecule has 2 aliphatic rings. The minimum Gasteiger partial charge on any atom is -0.325 e. The highest BCUT2D eigenvalue weighted by molar-refractivity contribution is 8.00. The Kier molecular flexibility index (Phi) is 7.03. The van der Waals surface area contributed by atoms with Crippen LogP contribution in [0.4, 0.5) is 15.8 Å². The third-order valence-electron chi connectivity index (χ3n) is 6.81. The second-order valence-electron chi connectivity index (χ2n) is 9.21. The smallest absolute Gasteiger partial charge is 0.308 e. The van der Waals surface area contributed by atoms with Crippen molar-refractivity contribution in [3.05, 3.63) is 109 Å². The summed E-state index contributed by atoms with van der Waals surface area (Å²) in [7, 11) is 0. The van der Waals surface area contributed by atoms with Gasteiger partial charge in [-0.3, -0.25) is 23.7 Å². The lowest BCUT2D eigenvalue weighted by atomic mass is 9.83. The Morgan fingerprint density at radius 1 is 0.925 bits per heavy atom. The van der Waals surface area contributed by atoms with Crippen LogP contribution in [0.25, 0.3) is 0 Å². The molecule has 6 rings (SSSR count). The highest BCUT2D eigenvalue weighted by Gasteiger charge is 2.57. The topological polar surface area (TPSA) is 88.5 Å². The van der Waals surface area contributed by atoms with Crippen LogP contribution in [-0.2, 0) is 20.9 Å². The maximum atomic E-state index is 13.9. The normalized spacial score (nSPS) is 19.9. The quantitative estimate of drug-likeness (QED) is 0.288. The molecule has 3 heterocycles. The zero-order valence-corrected chi connectivity index (χ0v) is 23.5. The number of imide groups is 1. The summed E-state index contributed by atoms with van der Waals surface area (Å²) in [6.07, 6.45) is 0. The largest absolute Gasteiger partial charge is 0.325 e. The van der Waals surface area contributed by atoms with Crippen molar-refractivity contribution in [2.75, 3.05) is 10.2 Å². The van der Waals surface area contributed by atoms with E-state index in [-0.39, 0.29) is 16.6 Å². The highest BCUT2D eigenvalue weighted by Crippen LogP contribution is 2.55. The van der Waals surface area contributed by atoms with Gasteiger partial charge >= 0.3 is 4.87 Å². The molecule has 1 saturated heterocycles. The number of hydrogen-bond donors (Lipinski definition) is 1. The first-order chi connectivity index (χ1) is 19.2. The summed E-state index contributed by atoms with van der Waals surface area (Å²) in [6, 6.07) is 18.9. The van der Waals surface area contributed by atoms with Crippen LogP contribution in [0.2, 0.25) is 10.0 Å². The predicted molar refractivity (Wildman–Crippen MR) is 154 cm³/mol. The molecule has 1 N–H and O–H groups in total. The van der Waals surface area contributed by atoms with Crippen molar-refractivity contribution in [3.8, 4) is 0 Å². The second-order valence-corrected chi connectivity index (χ2v) is 12.1. The van der Waals surface area contributed by atoms with E-state index < -0.39 is 45.5 Å². The van der Waals surface area contributed by atoms with Gasteiger partial charge in [0.05, 0.1) is 26.7 Å². The van der Waals surface area contributed by atoms with E-state index in [0.29, 0.717) is 26.8 Å². The van der Waals surface area contributed by atoms with Gasteiger partial charge in [0.25, 0.3) is 0 Å². The number of thiazole rings is 1. The van der Waals surface area contributed by atoms with E-state index in [9.17, 15) is 23.6 Å². The molecule has 0 saturated carbocycles. The molecule has 3 atom stereocenters. The molecular weight excluding hydrogens is 596 g/mol. The molecule has 3 amide bonds. The van der Waals surface area contributed by atoms with Crippen molar-refractivity contribution in [1.29, 1.82) is 0 Å². The minimum absolute atomic E-state index is 0.227. The van der Waals surface area contributed by atoms with Gasteiger partial charge in [0.2, 0.25) is 17.7 Å². The number of amides is 3. The van der Waals surface area contributed by atoms with Crippen molar-refractivity contribution < 1.29 is 18.8 Å². The maximum Gasteiger partial charge on any atom is 0.308 e. The lowest BCUT2D eigenvalue weighted by Gasteiger charge is -2.31. The molecule has 12 heteroatoms. The van der Waals surface area contributed by atoms with Crippen molar-refractivity contribution in [2.45, 2.75) is 22.7 Å². The summed E-state index contributed by atoms with van der Waals surface area (Å²) in [5.41, 5.74) is 1.34. The van der Waals surface area contributed by atoms with Gasteiger partial charge < -0.3 is 5.32 Å². The van der Waals surface area contributed by atoms with Gasteiger partial charge in [0.15, 0.2) is 0 Å². The summed E-state index contributed by atoms with van der Waals surface area (Å²) >= 11 is 15.0. The Bertz CT molecular complexity index is 1730. The molecular formula is C28H18Cl2FN3O4S2. The third-order valence-corrected chi connectivity index (χ3v) is 10.2. The molecule has 0 radical (unpaired) electrons. The van der Waals surface area contributed by atoms with Crippen molar-refractivity contribution in [1.82, 2.24) is 4.57 Å². The van der Waals surface area contributed by atoms with Crippen LogP contribution in [0.1, 0.15) is 16.4 Å². The molecule has 202 valence electrons. The fourth-order valence-electron chi connectivity index (χ4n) is 5.06. The van der Waals surface area contributed by atoms with Crippen molar-refractivity contribution in [2.24, 2.45) is 5.92 Å². The number of rotatable bonds is 5. The Morgan fingerprint density at radius 2 is 1.65 bits per heavy atom. The Morgan fingerprint density at radius 3 is 2.38 bits per heavy atom. The molecule has 0 bridgehead atoms. The maximum absolute atomic E-state index is 13.9. The number of hydrogen-bond acceptors (Lipinski definition) is 6. The van der Waals surface area contributed by atoms with Crippen LogP contribution in [-0.4, -0.2) is 27.5 Å². The number of carbonyl (C=O) groups is 3. The van der Waals surface area contributed by atoms with E-state index in [4.69, 9.17) is 23.2 Å². The van der Waals surface area contributed by atoms with Gasteiger partial charge in [-0.2, -0.15) is 0 Å². The molecule has 7 nitrogen and oxygen atoms in total. The lowest BCUT2D eigenvalue weighted by Crippen LogP contribution is -2.33. The summed E-state index contributed by atoms with van der Waals surface area (Å²) in [6.45, 7) is -0.340. The Balaban J connectivity index is 1.44.